The molecule has 1 unspecified atom stereocenters. The second-order valence-corrected chi connectivity index (χ2v) is 5.79. The van der Waals surface area contributed by atoms with Gasteiger partial charge in [0.1, 0.15) is 0 Å². The molecule has 1 saturated heterocycles. The molecule has 1 atom stereocenters. The molecule has 2 heterocycles. The van der Waals surface area contributed by atoms with Crippen LogP contribution in [0.15, 0.2) is 41.4 Å². The molecule has 23 heavy (non-hydrogen) atoms. The molecule has 0 spiro atoms. The topological polar surface area (TPSA) is 46.1 Å². The van der Waals surface area contributed by atoms with E-state index in [1.54, 1.807) is 0 Å². The molecular weight excluding hydrogens is 290 g/mol. The summed E-state index contributed by atoms with van der Waals surface area (Å²) in [6.45, 7) is 4.62. The Balaban J connectivity index is 1.53. The SMILES string of the molecule is CN=C(NCC1COCCO1)N1CC=C(c2ccccc2)CC1. The van der Waals surface area contributed by atoms with Gasteiger partial charge in [0.15, 0.2) is 5.96 Å². The molecule has 124 valence electrons. The number of benzene rings is 1. The average molecular weight is 315 g/mol. The first-order valence-electron chi connectivity index (χ1n) is 8.26. The lowest BCUT2D eigenvalue weighted by Gasteiger charge is -2.31. The third kappa shape index (κ3) is 4.33. The monoisotopic (exact) mass is 315 g/mol. The van der Waals surface area contributed by atoms with Crippen LogP contribution in [0.3, 0.4) is 0 Å². The van der Waals surface area contributed by atoms with E-state index in [0.717, 1.165) is 32.0 Å². The van der Waals surface area contributed by atoms with Crippen molar-refractivity contribution < 1.29 is 9.47 Å². The number of aliphatic imine (C=N–C) groups is 1. The van der Waals surface area contributed by atoms with Crippen molar-refractivity contribution in [2.24, 2.45) is 4.99 Å². The van der Waals surface area contributed by atoms with E-state index in [2.05, 4.69) is 51.6 Å². The average Bonchev–Trinajstić information content (AvgIpc) is 2.64. The highest BCUT2D eigenvalue weighted by atomic mass is 16.6. The Labute approximate surface area is 138 Å². The van der Waals surface area contributed by atoms with Crippen molar-refractivity contribution in [3.63, 3.8) is 0 Å². The maximum atomic E-state index is 5.66. The minimum absolute atomic E-state index is 0.112. The third-order valence-electron chi connectivity index (χ3n) is 4.24. The predicted molar refractivity (Wildman–Crippen MR) is 92.5 cm³/mol. The first kappa shape index (κ1) is 16.0. The van der Waals surface area contributed by atoms with E-state index in [0.29, 0.717) is 19.8 Å². The molecule has 2 aliphatic rings. The zero-order chi connectivity index (χ0) is 15.9. The van der Waals surface area contributed by atoms with Gasteiger partial charge in [-0.1, -0.05) is 36.4 Å². The van der Waals surface area contributed by atoms with Gasteiger partial charge in [0.2, 0.25) is 0 Å². The molecule has 1 aromatic carbocycles. The molecule has 1 N–H and O–H groups in total. The van der Waals surface area contributed by atoms with Crippen molar-refractivity contribution in [2.75, 3.05) is 46.5 Å². The second-order valence-electron chi connectivity index (χ2n) is 5.79. The maximum Gasteiger partial charge on any atom is 0.194 e. The summed E-state index contributed by atoms with van der Waals surface area (Å²) in [5.74, 6) is 0.933. The number of hydrogen-bond acceptors (Lipinski definition) is 3. The Hall–Kier alpha value is -1.85. The van der Waals surface area contributed by atoms with Crippen LogP contribution < -0.4 is 5.32 Å². The lowest BCUT2D eigenvalue weighted by Crippen LogP contribution is -2.47. The van der Waals surface area contributed by atoms with E-state index in [9.17, 15) is 0 Å². The van der Waals surface area contributed by atoms with Crippen molar-refractivity contribution >= 4 is 11.5 Å². The van der Waals surface area contributed by atoms with Gasteiger partial charge in [0.05, 0.1) is 25.9 Å². The molecular formula is C18H25N3O2. The Morgan fingerprint density at radius 3 is 2.83 bits per heavy atom. The molecule has 5 nitrogen and oxygen atoms in total. The number of nitrogens with one attached hydrogen (secondary N) is 1. The zero-order valence-electron chi connectivity index (χ0n) is 13.7. The standard InChI is InChI=1S/C18H25N3O2/c1-19-18(20-13-17-14-22-11-12-23-17)21-9-7-16(8-10-21)15-5-3-2-4-6-15/h2-7,17H,8-14H2,1H3,(H,19,20). The minimum atomic E-state index is 0.112. The molecule has 0 amide bonds. The molecule has 1 aromatic rings. The summed E-state index contributed by atoms with van der Waals surface area (Å²) < 4.78 is 11.1. The highest BCUT2D eigenvalue weighted by Crippen LogP contribution is 2.21. The van der Waals surface area contributed by atoms with E-state index in [1.165, 1.54) is 11.1 Å². The largest absolute Gasteiger partial charge is 0.376 e. The number of guanidine groups is 1. The first-order valence-corrected chi connectivity index (χ1v) is 8.26. The fourth-order valence-corrected chi connectivity index (χ4v) is 2.97. The van der Waals surface area contributed by atoms with Crippen molar-refractivity contribution in [2.45, 2.75) is 12.5 Å². The molecule has 0 aromatic heterocycles. The first-order chi connectivity index (χ1) is 11.4. The number of nitrogens with zero attached hydrogens (tertiary/aromatic N) is 2. The molecule has 5 heteroatoms. The molecule has 0 aliphatic carbocycles. The van der Waals surface area contributed by atoms with Gasteiger partial charge in [-0.05, 0) is 17.6 Å². The number of rotatable bonds is 3. The summed E-state index contributed by atoms with van der Waals surface area (Å²) in [5, 5.41) is 3.41. The van der Waals surface area contributed by atoms with E-state index >= 15 is 0 Å². The quantitative estimate of drug-likeness (QED) is 0.682. The van der Waals surface area contributed by atoms with Crippen molar-refractivity contribution in [3.8, 4) is 0 Å². The van der Waals surface area contributed by atoms with Crippen LogP contribution in [-0.4, -0.2) is 63.5 Å². The molecule has 1 fully saturated rings. The van der Waals surface area contributed by atoms with E-state index < -0.39 is 0 Å². The molecule has 3 rings (SSSR count). The summed E-state index contributed by atoms with van der Waals surface area (Å²) in [7, 11) is 1.83. The fraction of sp³-hybridized carbons (Fsp3) is 0.500. The van der Waals surface area contributed by atoms with E-state index in [1.807, 2.05) is 7.05 Å². The number of ether oxygens (including phenoxy) is 2. The van der Waals surface area contributed by atoms with Crippen molar-refractivity contribution in [1.29, 1.82) is 0 Å². The molecule has 0 radical (unpaired) electrons. The molecule has 2 aliphatic heterocycles. The van der Waals surface area contributed by atoms with E-state index in [4.69, 9.17) is 9.47 Å². The zero-order valence-corrected chi connectivity index (χ0v) is 13.7. The Kier molecular flexibility index (Phi) is 5.66. The molecule has 0 bridgehead atoms. The second kappa shape index (κ2) is 8.13. The fourth-order valence-electron chi connectivity index (χ4n) is 2.97. The minimum Gasteiger partial charge on any atom is -0.376 e. The van der Waals surface area contributed by atoms with Gasteiger partial charge in [0, 0.05) is 26.7 Å². The highest BCUT2D eigenvalue weighted by Gasteiger charge is 2.19. The van der Waals surface area contributed by atoms with Gasteiger partial charge < -0.3 is 19.7 Å². The van der Waals surface area contributed by atoms with E-state index in [-0.39, 0.29) is 6.10 Å². The maximum absolute atomic E-state index is 5.66. The van der Waals surface area contributed by atoms with Crippen LogP contribution in [0.1, 0.15) is 12.0 Å². The summed E-state index contributed by atoms with van der Waals surface area (Å²) >= 11 is 0. The van der Waals surface area contributed by atoms with Gasteiger partial charge in [-0.2, -0.15) is 0 Å². The summed E-state index contributed by atoms with van der Waals surface area (Å²) in [5.41, 5.74) is 2.74. The van der Waals surface area contributed by atoms with Crippen LogP contribution in [0.5, 0.6) is 0 Å². The van der Waals surface area contributed by atoms with Crippen LogP contribution in [0.2, 0.25) is 0 Å². The van der Waals surface area contributed by atoms with Crippen molar-refractivity contribution in [1.82, 2.24) is 10.2 Å². The summed E-state index contributed by atoms with van der Waals surface area (Å²) in [6, 6.07) is 10.6. The lowest BCUT2D eigenvalue weighted by molar-refractivity contribution is -0.0851. The van der Waals surface area contributed by atoms with Gasteiger partial charge in [-0.15, -0.1) is 0 Å². The Morgan fingerprint density at radius 1 is 1.30 bits per heavy atom. The lowest BCUT2D eigenvalue weighted by atomic mass is 10.00. The van der Waals surface area contributed by atoms with Crippen molar-refractivity contribution in [3.05, 3.63) is 42.0 Å². The van der Waals surface area contributed by atoms with Gasteiger partial charge in [-0.3, -0.25) is 4.99 Å². The smallest absolute Gasteiger partial charge is 0.194 e. The summed E-state index contributed by atoms with van der Waals surface area (Å²) in [4.78, 5) is 6.67. The number of hydrogen-bond donors (Lipinski definition) is 1. The summed E-state index contributed by atoms with van der Waals surface area (Å²) in [6.07, 6.45) is 3.44. The van der Waals surface area contributed by atoms with Gasteiger partial charge in [-0.25, -0.2) is 0 Å². The van der Waals surface area contributed by atoms with Crippen LogP contribution in [-0.2, 0) is 9.47 Å². The predicted octanol–water partition coefficient (Wildman–Crippen LogP) is 1.77. The highest BCUT2D eigenvalue weighted by molar-refractivity contribution is 5.81. The van der Waals surface area contributed by atoms with Crippen LogP contribution in [0.4, 0.5) is 0 Å². The molecule has 0 saturated carbocycles. The van der Waals surface area contributed by atoms with Crippen LogP contribution in [0.25, 0.3) is 5.57 Å². The van der Waals surface area contributed by atoms with Gasteiger partial charge >= 0.3 is 0 Å². The van der Waals surface area contributed by atoms with Crippen LogP contribution in [0, 0.1) is 0 Å². The Bertz CT molecular complexity index is 551. The third-order valence-corrected chi connectivity index (χ3v) is 4.24. The Morgan fingerprint density at radius 2 is 2.17 bits per heavy atom. The normalized spacial score (nSPS) is 22.7. The van der Waals surface area contributed by atoms with Gasteiger partial charge in [0.25, 0.3) is 0 Å². The van der Waals surface area contributed by atoms with Crippen LogP contribution >= 0.6 is 0 Å².